The van der Waals surface area contributed by atoms with Gasteiger partial charge >= 0.3 is 0 Å². The maximum Gasteiger partial charge on any atom is 0.169 e. The Morgan fingerprint density at radius 3 is 2.33 bits per heavy atom. The summed E-state index contributed by atoms with van der Waals surface area (Å²) in [5, 5.41) is 0. The van der Waals surface area contributed by atoms with Crippen molar-refractivity contribution in [3.63, 3.8) is 0 Å². The van der Waals surface area contributed by atoms with Crippen LogP contribution in [0.3, 0.4) is 0 Å². The second-order valence-electron chi connectivity index (χ2n) is 4.91. The third-order valence-electron chi connectivity index (χ3n) is 3.77. The maximum atomic E-state index is 6.19. The summed E-state index contributed by atoms with van der Waals surface area (Å²) in [6.07, 6.45) is 4.03. The molecule has 94 valence electrons. The van der Waals surface area contributed by atoms with E-state index in [1.807, 2.05) is 12.1 Å². The van der Waals surface area contributed by atoms with Gasteiger partial charge in [0.05, 0.1) is 6.04 Å². The van der Waals surface area contributed by atoms with Crippen LogP contribution in [0.15, 0.2) is 45.5 Å². The van der Waals surface area contributed by atoms with Crippen LogP contribution in [-0.4, -0.2) is 0 Å². The molecule has 1 aliphatic carbocycles. The summed E-state index contributed by atoms with van der Waals surface area (Å²) in [4.78, 5) is 0. The Morgan fingerprint density at radius 1 is 1.11 bits per heavy atom. The summed E-state index contributed by atoms with van der Waals surface area (Å²) in [6, 6.07) is 12.2. The second-order valence-corrected chi connectivity index (χ2v) is 5.70. The van der Waals surface area contributed by atoms with Crippen molar-refractivity contribution in [3.05, 3.63) is 58.0 Å². The van der Waals surface area contributed by atoms with Crippen molar-refractivity contribution < 1.29 is 4.42 Å². The van der Waals surface area contributed by atoms with Crippen LogP contribution in [0, 0.1) is 0 Å². The topological polar surface area (TPSA) is 39.2 Å². The zero-order chi connectivity index (χ0) is 12.5. The van der Waals surface area contributed by atoms with Crippen LogP contribution in [0.5, 0.6) is 0 Å². The molecule has 0 radical (unpaired) electrons. The number of furan rings is 1. The summed E-state index contributed by atoms with van der Waals surface area (Å²) in [5.74, 6) is 1.56. The van der Waals surface area contributed by atoms with Gasteiger partial charge in [-0.15, -0.1) is 0 Å². The molecule has 0 amide bonds. The van der Waals surface area contributed by atoms with Gasteiger partial charge in [-0.2, -0.15) is 0 Å². The molecule has 1 heterocycles. The van der Waals surface area contributed by atoms with Crippen molar-refractivity contribution >= 4 is 15.9 Å². The third-order valence-corrected chi connectivity index (χ3v) is 4.20. The van der Waals surface area contributed by atoms with Gasteiger partial charge in [0.2, 0.25) is 0 Å². The van der Waals surface area contributed by atoms with Crippen LogP contribution < -0.4 is 5.73 Å². The molecule has 3 rings (SSSR count). The lowest BCUT2D eigenvalue weighted by Crippen LogP contribution is -2.12. The van der Waals surface area contributed by atoms with E-state index in [4.69, 9.17) is 10.2 Å². The minimum atomic E-state index is -0.188. The molecule has 1 atom stereocenters. The summed E-state index contributed by atoms with van der Waals surface area (Å²) in [7, 11) is 0. The fourth-order valence-electron chi connectivity index (χ4n) is 2.38. The van der Waals surface area contributed by atoms with Crippen LogP contribution in [-0.2, 0) is 0 Å². The van der Waals surface area contributed by atoms with E-state index in [0.29, 0.717) is 0 Å². The molecule has 3 heteroatoms. The molecule has 2 aromatic rings. The molecule has 1 aromatic carbocycles. The maximum absolute atomic E-state index is 6.19. The Balaban J connectivity index is 1.79. The molecule has 1 saturated carbocycles. The van der Waals surface area contributed by atoms with Gasteiger partial charge < -0.3 is 10.2 Å². The van der Waals surface area contributed by atoms with Gasteiger partial charge in [0, 0.05) is 0 Å². The summed E-state index contributed by atoms with van der Waals surface area (Å²) in [5.41, 5.74) is 8.73. The highest BCUT2D eigenvalue weighted by Crippen LogP contribution is 2.36. The van der Waals surface area contributed by atoms with Crippen molar-refractivity contribution in [2.45, 2.75) is 31.2 Å². The zero-order valence-electron chi connectivity index (χ0n) is 10.1. The molecule has 1 aromatic heterocycles. The van der Waals surface area contributed by atoms with E-state index in [9.17, 15) is 0 Å². The Hall–Kier alpha value is -1.06. The largest absolute Gasteiger partial charge is 0.452 e. The van der Waals surface area contributed by atoms with Crippen LogP contribution in [0.4, 0.5) is 0 Å². The number of nitrogens with two attached hydrogens (primary N) is 1. The highest BCUT2D eigenvalue weighted by atomic mass is 79.9. The molecule has 0 bridgehead atoms. The fourth-order valence-corrected chi connectivity index (χ4v) is 2.70. The quantitative estimate of drug-likeness (QED) is 0.915. The predicted octanol–water partition coefficient (Wildman–Crippen LogP) is 4.36. The van der Waals surface area contributed by atoms with Gasteiger partial charge in [-0.3, -0.25) is 0 Å². The SMILES string of the molecule is NC(c1ccc(C2CCC2)cc1)c1ccc(Br)o1. The van der Waals surface area contributed by atoms with Crippen molar-refractivity contribution in [3.8, 4) is 0 Å². The molecule has 2 N–H and O–H groups in total. The Bertz CT molecular complexity index is 528. The Morgan fingerprint density at radius 2 is 1.83 bits per heavy atom. The Labute approximate surface area is 115 Å². The highest BCUT2D eigenvalue weighted by Gasteiger charge is 2.20. The molecule has 1 unspecified atom stereocenters. The highest BCUT2D eigenvalue weighted by molar-refractivity contribution is 9.10. The predicted molar refractivity (Wildman–Crippen MR) is 75.5 cm³/mol. The van der Waals surface area contributed by atoms with Crippen molar-refractivity contribution in [2.24, 2.45) is 5.73 Å². The number of rotatable bonds is 3. The third kappa shape index (κ3) is 2.25. The van der Waals surface area contributed by atoms with E-state index in [1.165, 1.54) is 24.8 Å². The van der Waals surface area contributed by atoms with Gasteiger partial charge in [0.15, 0.2) is 4.67 Å². The first kappa shape index (κ1) is 12.0. The minimum absolute atomic E-state index is 0.188. The number of hydrogen-bond acceptors (Lipinski definition) is 2. The van der Waals surface area contributed by atoms with Crippen LogP contribution >= 0.6 is 15.9 Å². The van der Waals surface area contributed by atoms with Gasteiger partial charge in [0.25, 0.3) is 0 Å². The lowest BCUT2D eigenvalue weighted by Gasteiger charge is -2.26. The number of halogens is 1. The first-order chi connectivity index (χ1) is 8.74. The van der Waals surface area contributed by atoms with E-state index >= 15 is 0 Å². The normalized spacial score (nSPS) is 17.4. The average molecular weight is 306 g/mol. The number of hydrogen-bond donors (Lipinski definition) is 1. The van der Waals surface area contributed by atoms with E-state index in [-0.39, 0.29) is 6.04 Å². The molecule has 0 aliphatic heterocycles. The fraction of sp³-hybridized carbons (Fsp3) is 0.333. The average Bonchev–Trinajstić information content (AvgIpc) is 2.74. The first-order valence-electron chi connectivity index (χ1n) is 6.35. The van der Waals surface area contributed by atoms with Gasteiger partial charge in [0.1, 0.15) is 5.76 Å². The van der Waals surface area contributed by atoms with Crippen molar-refractivity contribution in [2.75, 3.05) is 0 Å². The molecule has 0 saturated heterocycles. The van der Waals surface area contributed by atoms with Crippen LogP contribution in [0.2, 0.25) is 0 Å². The van der Waals surface area contributed by atoms with E-state index in [2.05, 4.69) is 40.2 Å². The molecule has 0 spiro atoms. The van der Waals surface area contributed by atoms with Gasteiger partial charge in [-0.25, -0.2) is 0 Å². The van der Waals surface area contributed by atoms with Crippen LogP contribution in [0.1, 0.15) is 48.1 Å². The number of benzene rings is 1. The molecular formula is C15H16BrNO. The monoisotopic (exact) mass is 305 g/mol. The van der Waals surface area contributed by atoms with E-state index in [1.54, 1.807) is 0 Å². The minimum Gasteiger partial charge on any atom is -0.452 e. The summed E-state index contributed by atoms with van der Waals surface area (Å²) in [6.45, 7) is 0. The standard InChI is InChI=1S/C15H16BrNO/c16-14-9-8-13(18-14)15(17)12-6-4-11(5-7-12)10-2-1-3-10/h4-10,15H,1-3,17H2. The molecular weight excluding hydrogens is 290 g/mol. The Kier molecular flexibility index (Phi) is 3.27. The summed E-state index contributed by atoms with van der Waals surface area (Å²) >= 11 is 3.30. The smallest absolute Gasteiger partial charge is 0.169 e. The molecule has 18 heavy (non-hydrogen) atoms. The lowest BCUT2D eigenvalue weighted by molar-refractivity contribution is 0.419. The van der Waals surface area contributed by atoms with Gasteiger partial charge in [-0.1, -0.05) is 30.7 Å². The van der Waals surface area contributed by atoms with E-state index in [0.717, 1.165) is 21.9 Å². The second kappa shape index (κ2) is 4.90. The first-order valence-corrected chi connectivity index (χ1v) is 7.14. The van der Waals surface area contributed by atoms with E-state index < -0.39 is 0 Å². The van der Waals surface area contributed by atoms with Crippen LogP contribution in [0.25, 0.3) is 0 Å². The van der Waals surface area contributed by atoms with Crippen molar-refractivity contribution in [1.29, 1.82) is 0 Å². The van der Waals surface area contributed by atoms with Crippen molar-refractivity contribution in [1.82, 2.24) is 0 Å². The zero-order valence-corrected chi connectivity index (χ0v) is 11.7. The summed E-state index contributed by atoms with van der Waals surface area (Å²) < 4.78 is 6.22. The molecule has 1 fully saturated rings. The molecule has 1 aliphatic rings. The lowest BCUT2D eigenvalue weighted by atomic mass is 9.80. The molecule has 2 nitrogen and oxygen atoms in total. The van der Waals surface area contributed by atoms with Gasteiger partial charge in [-0.05, 0) is 57.9 Å².